The van der Waals surface area contributed by atoms with Crippen LogP contribution in [0.1, 0.15) is 31.4 Å². The van der Waals surface area contributed by atoms with Gasteiger partial charge in [-0.1, -0.05) is 41.9 Å². The number of halogens is 1. The Morgan fingerprint density at radius 3 is 2.31 bits per heavy atom. The number of esters is 1. The van der Waals surface area contributed by atoms with Crippen LogP contribution in [0.2, 0.25) is 5.02 Å². The summed E-state index contributed by atoms with van der Waals surface area (Å²) in [5, 5.41) is 0.691. The molecule has 1 atom stereocenters. The van der Waals surface area contributed by atoms with Gasteiger partial charge in [-0.15, -0.1) is 0 Å². The van der Waals surface area contributed by atoms with Crippen molar-refractivity contribution in [3.63, 3.8) is 0 Å². The topological polar surface area (TPSA) is 49.9 Å². The van der Waals surface area contributed by atoms with E-state index in [9.17, 15) is 9.59 Å². The minimum absolute atomic E-state index is 0.00576. The van der Waals surface area contributed by atoms with Crippen LogP contribution in [0, 0.1) is 5.92 Å². The Balaban J connectivity index is 1.73. The van der Waals surface area contributed by atoms with Crippen molar-refractivity contribution in [1.29, 1.82) is 0 Å². The van der Waals surface area contributed by atoms with Crippen molar-refractivity contribution in [1.82, 2.24) is 4.90 Å². The second kappa shape index (κ2) is 9.79. The molecular weight excluding hydrogens is 388 g/mol. The van der Waals surface area contributed by atoms with E-state index in [1.54, 1.807) is 0 Å². The number of likely N-dealkylation sites (tertiary alicyclic amines) is 1. The van der Waals surface area contributed by atoms with Crippen LogP contribution in [0.3, 0.4) is 0 Å². The molecule has 1 aliphatic heterocycles. The summed E-state index contributed by atoms with van der Waals surface area (Å²) in [6.45, 7) is 3.52. The van der Waals surface area contributed by atoms with Crippen LogP contribution >= 0.6 is 11.6 Å². The van der Waals surface area contributed by atoms with Crippen LogP contribution in [0.4, 0.5) is 5.69 Å². The number of anilines is 1. The number of nitrogens with zero attached hydrogens (tertiary/aromatic N) is 2. The number of carbonyl (C=O) groups excluding carboxylic acids is 2. The van der Waals surface area contributed by atoms with Gasteiger partial charge >= 0.3 is 5.97 Å². The largest absolute Gasteiger partial charge is 0.469 e. The smallest absolute Gasteiger partial charge is 0.308 e. The zero-order valence-corrected chi connectivity index (χ0v) is 17.6. The third-order valence-corrected chi connectivity index (χ3v) is 5.85. The van der Waals surface area contributed by atoms with Gasteiger partial charge in [-0.25, -0.2) is 0 Å². The Morgan fingerprint density at radius 2 is 1.72 bits per heavy atom. The molecule has 0 aliphatic carbocycles. The molecule has 2 aromatic carbocycles. The van der Waals surface area contributed by atoms with E-state index in [0.717, 1.165) is 11.3 Å². The number of para-hydroxylation sites is 1. The summed E-state index contributed by atoms with van der Waals surface area (Å²) >= 11 is 6.04. The average Bonchev–Trinajstić information content (AvgIpc) is 2.77. The number of rotatable bonds is 6. The Hall–Kier alpha value is -2.53. The second-order valence-corrected chi connectivity index (χ2v) is 7.81. The second-order valence-electron chi connectivity index (χ2n) is 7.37. The SMILES string of the molecule is COC(=O)C1CCN(C(=O)CN(c2ccccc2)[C@H](C)c2ccc(Cl)cc2)CC1. The maximum atomic E-state index is 13.1. The van der Waals surface area contributed by atoms with Crippen molar-refractivity contribution in [2.75, 3.05) is 31.6 Å². The number of hydrogen-bond acceptors (Lipinski definition) is 4. The highest BCUT2D eigenvalue weighted by atomic mass is 35.5. The number of ether oxygens (including phenoxy) is 1. The first-order valence-electron chi connectivity index (χ1n) is 9.92. The van der Waals surface area contributed by atoms with Gasteiger partial charge in [0.15, 0.2) is 0 Å². The number of amides is 1. The van der Waals surface area contributed by atoms with Gasteiger partial charge in [-0.05, 0) is 49.6 Å². The molecule has 3 rings (SSSR count). The van der Waals surface area contributed by atoms with E-state index in [0.29, 0.717) is 31.0 Å². The van der Waals surface area contributed by atoms with Gasteiger partial charge < -0.3 is 14.5 Å². The molecule has 1 amide bonds. The van der Waals surface area contributed by atoms with Crippen LogP contribution in [-0.2, 0) is 14.3 Å². The molecule has 0 spiro atoms. The molecule has 1 heterocycles. The van der Waals surface area contributed by atoms with Gasteiger partial charge in [-0.3, -0.25) is 9.59 Å². The van der Waals surface area contributed by atoms with Crippen LogP contribution in [0.5, 0.6) is 0 Å². The molecule has 1 fully saturated rings. The van der Waals surface area contributed by atoms with Crippen molar-refractivity contribution >= 4 is 29.2 Å². The monoisotopic (exact) mass is 414 g/mol. The Morgan fingerprint density at radius 1 is 1.10 bits per heavy atom. The van der Waals surface area contributed by atoms with Crippen molar-refractivity contribution in [2.24, 2.45) is 5.92 Å². The van der Waals surface area contributed by atoms with Crippen LogP contribution in [0.25, 0.3) is 0 Å². The van der Waals surface area contributed by atoms with E-state index < -0.39 is 0 Å². The molecule has 1 saturated heterocycles. The molecule has 2 aromatic rings. The average molecular weight is 415 g/mol. The van der Waals surface area contributed by atoms with Crippen LogP contribution in [-0.4, -0.2) is 43.5 Å². The van der Waals surface area contributed by atoms with Gasteiger partial charge in [0, 0.05) is 23.8 Å². The molecule has 6 heteroatoms. The zero-order chi connectivity index (χ0) is 20.8. The minimum Gasteiger partial charge on any atom is -0.469 e. The molecular formula is C23H27ClN2O3. The summed E-state index contributed by atoms with van der Waals surface area (Å²) in [6, 6.07) is 17.7. The summed E-state index contributed by atoms with van der Waals surface area (Å²) in [5.41, 5.74) is 2.09. The fourth-order valence-corrected chi connectivity index (χ4v) is 3.90. The van der Waals surface area contributed by atoms with E-state index in [4.69, 9.17) is 16.3 Å². The zero-order valence-electron chi connectivity index (χ0n) is 16.9. The predicted octanol–water partition coefficient (Wildman–Crippen LogP) is 4.32. The van der Waals surface area contributed by atoms with E-state index in [1.807, 2.05) is 59.5 Å². The molecule has 0 saturated carbocycles. The fourth-order valence-electron chi connectivity index (χ4n) is 3.77. The predicted molar refractivity (Wildman–Crippen MR) is 115 cm³/mol. The summed E-state index contributed by atoms with van der Waals surface area (Å²) in [4.78, 5) is 28.8. The molecule has 1 aliphatic rings. The molecule has 0 unspecified atom stereocenters. The number of hydrogen-bond donors (Lipinski definition) is 0. The first-order valence-corrected chi connectivity index (χ1v) is 10.3. The molecule has 0 N–H and O–H groups in total. The maximum absolute atomic E-state index is 13.1. The normalized spacial score (nSPS) is 15.6. The van der Waals surface area contributed by atoms with E-state index in [2.05, 4.69) is 11.8 Å². The highest BCUT2D eigenvalue weighted by molar-refractivity contribution is 6.30. The number of methoxy groups -OCH3 is 1. The lowest BCUT2D eigenvalue weighted by Gasteiger charge is -2.35. The van der Waals surface area contributed by atoms with Crippen LogP contribution < -0.4 is 4.90 Å². The van der Waals surface area contributed by atoms with E-state index in [-0.39, 0.29) is 30.4 Å². The third-order valence-electron chi connectivity index (χ3n) is 5.60. The Labute approximate surface area is 177 Å². The molecule has 0 bridgehead atoms. The summed E-state index contributed by atoms with van der Waals surface area (Å²) in [5.74, 6) is -0.223. The highest BCUT2D eigenvalue weighted by Gasteiger charge is 2.29. The maximum Gasteiger partial charge on any atom is 0.308 e. The first kappa shape index (κ1) is 21.2. The lowest BCUT2D eigenvalue weighted by molar-refractivity contribution is -0.148. The quantitative estimate of drug-likeness (QED) is 0.660. The van der Waals surface area contributed by atoms with Crippen molar-refractivity contribution in [2.45, 2.75) is 25.8 Å². The van der Waals surface area contributed by atoms with Gasteiger partial charge in [0.1, 0.15) is 0 Å². The van der Waals surface area contributed by atoms with Crippen LogP contribution in [0.15, 0.2) is 54.6 Å². The number of piperidine rings is 1. The minimum atomic E-state index is -0.181. The highest BCUT2D eigenvalue weighted by Crippen LogP contribution is 2.28. The standard InChI is InChI=1S/C23H27ClN2O3/c1-17(18-8-10-20(24)11-9-18)26(21-6-4-3-5-7-21)16-22(27)25-14-12-19(13-15-25)23(28)29-2/h3-11,17,19H,12-16H2,1-2H3/t17-/m1/s1. The lowest BCUT2D eigenvalue weighted by atomic mass is 9.97. The lowest BCUT2D eigenvalue weighted by Crippen LogP contribution is -2.45. The van der Waals surface area contributed by atoms with Crippen molar-refractivity contribution < 1.29 is 14.3 Å². The molecule has 0 radical (unpaired) electrons. The number of benzene rings is 2. The molecule has 0 aromatic heterocycles. The van der Waals surface area contributed by atoms with E-state index >= 15 is 0 Å². The molecule has 154 valence electrons. The summed E-state index contributed by atoms with van der Waals surface area (Å²) in [7, 11) is 1.41. The van der Waals surface area contributed by atoms with Gasteiger partial charge in [0.25, 0.3) is 0 Å². The van der Waals surface area contributed by atoms with Crippen molar-refractivity contribution in [3.05, 3.63) is 65.2 Å². The third kappa shape index (κ3) is 5.30. The molecule has 29 heavy (non-hydrogen) atoms. The number of carbonyl (C=O) groups is 2. The fraction of sp³-hybridized carbons (Fsp3) is 0.391. The Bertz CT molecular complexity index is 818. The summed E-state index contributed by atoms with van der Waals surface area (Å²) < 4.78 is 4.84. The molecule has 5 nitrogen and oxygen atoms in total. The van der Waals surface area contributed by atoms with Gasteiger partial charge in [0.05, 0.1) is 25.6 Å². The van der Waals surface area contributed by atoms with Gasteiger partial charge in [0.2, 0.25) is 5.91 Å². The van der Waals surface area contributed by atoms with E-state index in [1.165, 1.54) is 7.11 Å². The Kier molecular flexibility index (Phi) is 7.15. The van der Waals surface area contributed by atoms with Crippen molar-refractivity contribution in [3.8, 4) is 0 Å². The first-order chi connectivity index (χ1) is 14.0. The summed E-state index contributed by atoms with van der Waals surface area (Å²) in [6.07, 6.45) is 1.30. The van der Waals surface area contributed by atoms with Gasteiger partial charge in [-0.2, -0.15) is 0 Å².